The molecule has 1 aliphatic heterocycles. The van der Waals surface area contributed by atoms with Gasteiger partial charge in [0.25, 0.3) is 5.91 Å². The van der Waals surface area contributed by atoms with Crippen molar-refractivity contribution in [3.05, 3.63) is 45.9 Å². The lowest BCUT2D eigenvalue weighted by Gasteiger charge is -2.53. The summed E-state index contributed by atoms with van der Waals surface area (Å²) in [5, 5.41) is 59.7. The highest BCUT2D eigenvalue weighted by molar-refractivity contribution is 6.25. The van der Waals surface area contributed by atoms with Crippen LogP contribution in [0.4, 0.5) is 5.69 Å². The number of aliphatic hydroxyl groups excluding tert-OH is 3. The molecule has 0 saturated carbocycles. The van der Waals surface area contributed by atoms with Gasteiger partial charge in [0.2, 0.25) is 11.7 Å². The van der Waals surface area contributed by atoms with Crippen LogP contribution in [0.25, 0.3) is 0 Å². The molecule has 1 saturated heterocycles. The highest BCUT2D eigenvalue weighted by Crippen LogP contribution is 2.56. The number of Topliss-reactive ketones (excluding diaryl/α,β-unsaturated/α-hetero) is 2. The molecule has 8 N–H and O–H groups in total. The largest absolute Gasteiger partial charge is 0.510 e. The second-order valence-electron chi connectivity index (χ2n) is 12.3. The normalized spacial score (nSPS) is 32.5. The van der Waals surface area contributed by atoms with E-state index in [1.54, 1.807) is 6.92 Å². The van der Waals surface area contributed by atoms with Gasteiger partial charge in [-0.05, 0) is 50.5 Å². The first kappa shape index (κ1) is 30.7. The summed E-state index contributed by atoms with van der Waals surface area (Å²) < 4.78 is 0. The number of benzene rings is 1. The first-order valence-electron chi connectivity index (χ1n) is 14.4. The number of nitrogens with zero attached hydrogens (tertiary/aromatic N) is 2. The van der Waals surface area contributed by atoms with Gasteiger partial charge < -0.3 is 36.6 Å². The Morgan fingerprint density at radius 1 is 1.19 bits per heavy atom. The smallest absolute Gasteiger partial charge is 0.255 e. The molecule has 1 heterocycles. The zero-order valence-corrected chi connectivity index (χ0v) is 24.5. The number of nitrogens with two attached hydrogens (primary N) is 1. The summed E-state index contributed by atoms with van der Waals surface area (Å²) in [5.41, 5.74) is 0.921. The number of likely N-dealkylation sites (tertiary alicyclic amines) is 1. The van der Waals surface area contributed by atoms with Crippen LogP contribution >= 0.6 is 0 Å². The zero-order chi connectivity index (χ0) is 31.7. The molecule has 0 aromatic heterocycles. The molecule has 0 bridgehead atoms. The number of primary amides is 1. The molecule has 13 nitrogen and oxygen atoms in total. The Morgan fingerprint density at radius 3 is 2.44 bits per heavy atom. The standard InChI is InChI=1S/C30H38N4O9/c1-5-13-8-9-34(10-13)11-16(35)32-15-7-6-14-12(2)17-19(24(37)18(14)23(15)36)27(40)30(43)21(25(17)38)22(33(3)4)26(39)20(28(30)41)29(31)42/h6-7,12-13,17,21-22,25,36,38-40,43H,5,8-11H2,1-4H3,(H2,31,42)(H,32,35)/t12?,13?,17?,21?,22-,25?,30-/m0/s1. The molecule has 5 rings (SSSR count). The van der Waals surface area contributed by atoms with Crippen molar-refractivity contribution >= 4 is 29.1 Å². The number of anilines is 1. The summed E-state index contributed by atoms with van der Waals surface area (Å²) in [6, 6.07) is 1.66. The molecule has 232 valence electrons. The van der Waals surface area contributed by atoms with E-state index >= 15 is 0 Å². The van der Waals surface area contributed by atoms with Crippen LogP contribution in [0.5, 0.6) is 5.75 Å². The van der Waals surface area contributed by atoms with Gasteiger partial charge in [0.05, 0.1) is 35.9 Å². The van der Waals surface area contributed by atoms with E-state index in [1.807, 2.05) is 4.90 Å². The van der Waals surface area contributed by atoms with Crippen molar-refractivity contribution in [1.29, 1.82) is 0 Å². The fourth-order valence-corrected chi connectivity index (χ4v) is 7.51. The number of phenolic OH excluding ortho intramolecular Hbond substituents is 1. The van der Waals surface area contributed by atoms with Crippen molar-refractivity contribution in [2.75, 3.05) is 39.0 Å². The SMILES string of the molecule is CCC1CCN(CC(=O)Nc2ccc3c(c2O)C(=O)C2=C(O)[C@]4(O)C(=O)C(C(N)=O)=C(O)[C@@H](N(C)C)C4C(O)C2C3C)C1. The molecular weight excluding hydrogens is 560 g/mol. The molecule has 0 radical (unpaired) electrons. The van der Waals surface area contributed by atoms with Crippen LogP contribution in [0.1, 0.15) is 48.5 Å². The van der Waals surface area contributed by atoms with Gasteiger partial charge in [0.1, 0.15) is 17.1 Å². The predicted octanol–water partition coefficient (Wildman–Crippen LogP) is 0.323. The summed E-state index contributed by atoms with van der Waals surface area (Å²) in [5.74, 6) is -9.55. The van der Waals surface area contributed by atoms with Gasteiger partial charge in [-0.3, -0.25) is 29.0 Å². The lowest BCUT2D eigenvalue weighted by atomic mass is 9.55. The number of aromatic hydroxyl groups is 1. The highest BCUT2D eigenvalue weighted by Gasteiger charge is 2.67. The number of fused-ring (bicyclic) bond motifs is 3. The third kappa shape index (κ3) is 4.44. The van der Waals surface area contributed by atoms with Crippen LogP contribution in [0.2, 0.25) is 0 Å². The fourth-order valence-electron chi connectivity index (χ4n) is 7.51. The van der Waals surface area contributed by atoms with Gasteiger partial charge in [0.15, 0.2) is 17.1 Å². The molecule has 4 aliphatic rings. The first-order valence-corrected chi connectivity index (χ1v) is 14.4. The van der Waals surface area contributed by atoms with E-state index in [9.17, 15) is 44.7 Å². The number of aliphatic hydroxyl groups is 4. The molecule has 1 aromatic carbocycles. The average molecular weight is 599 g/mol. The van der Waals surface area contributed by atoms with Gasteiger partial charge >= 0.3 is 0 Å². The molecule has 2 amide bonds. The molecule has 43 heavy (non-hydrogen) atoms. The van der Waals surface area contributed by atoms with Crippen LogP contribution in [-0.2, 0) is 14.4 Å². The quantitative estimate of drug-likeness (QED) is 0.175. The van der Waals surface area contributed by atoms with E-state index in [0.717, 1.165) is 25.9 Å². The molecule has 1 fully saturated rings. The van der Waals surface area contributed by atoms with E-state index in [2.05, 4.69) is 12.2 Å². The van der Waals surface area contributed by atoms with Crippen LogP contribution in [-0.4, -0.2) is 110 Å². The Morgan fingerprint density at radius 2 is 1.86 bits per heavy atom. The van der Waals surface area contributed by atoms with E-state index in [0.29, 0.717) is 11.5 Å². The maximum absolute atomic E-state index is 14.0. The summed E-state index contributed by atoms with van der Waals surface area (Å²) in [4.78, 5) is 55.8. The third-order valence-corrected chi connectivity index (χ3v) is 9.72. The van der Waals surface area contributed by atoms with Crippen molar-refractivity contribution in [2.24, 2.45) is 23.5 Å². The monoisotopic (exact) mass is 598 g/mol. The number of phenols is 1. The zero-order valence-electron chi connectivity index (χ0n) is 24.5. The number of rotatable bonds is 6. The maximum atomic E-state index is 14.0. The maximum Gasteiger partial charge on any atom is 0.255 e. The predicted molar refractivity (Wildman–Crippen MR) is 153 cm³/mol. The van der Waals surface area contributed by atoms with E-state index in [-0.39, 0.29) is 23.7 Å². The molecular formula is C30H38N4O9. The summed E-state index contributed by atoms with van der Waals surface area (Å²) >= 11 is 0. The lowest BCUT2D eigenvalue weighted by Crippen LogP contribution is -2.68. The van der Waals surface area contributed by atoms with E-state index < -0.39 is 81.4 Å². The molecule has 3 aliphatic carbocycles. The van der Waals surface area contributed by atoms with Crippen LogP contribution in [0.15, 0.2) is 34.8 Å². The number of hydrogen-bond acceptors (Lipinski definition) is 11. The number of amides is 2. The van der Waals surface area contributed by atoms with Gasteiger partial charge in [0, 0.05) is 18.0 Å². The first-order chi connectivity index (χ1) is 20.2. The van der Waals surface area contributed by atoms with Crippen LogP contribution < -0.4 is 11.1 Å². The summed E-state index contributed by atoms with van der Waals surface area (Å²) in [7, 11) is 2.95. The highest BCUT2D eigenvalue weighted by atomic mass is 16.4. The molecule has 5 unspecified atom stereocenters. The Hall–Kier alpha value is -3.78. The third-order valence-electron chi connectivity index (χ3n) is 9.72. The van der Waals surface area contributed by atoms with E-state index in [1.165, 1.54) is 31.1 Å². The van der Waals surface area contributed by atoms with Crippen molar-refractivity contribution in [3.63, 3.8) is 0 Å². The molecule has 13 heteroatoms. The van der Waals surface area contributed by atoms with E-state index in [4.69, 9.17) is 5.73 Å². The number of hydrogen-bond donors (Lipinski definition) is 7. The Bertz CT molecular complexity index is 1480. The van der Waals surface area contributed by atoms with Gasteiger partial charge in [-0.15, -0.1) is 0 Å². The lowest BCUT2D eigenvalue weighted by molar-refractivity contribution is -0.162. The van der Waals surface area contributed by atoms with Gasteiger partial charge in [-0.1, -0.05) is 26.3 Å². The number of carbonyl (C=O) groups excluding carboxylic acids is 4. The number of nitrogens with one attached hydrogen (secondary N) is 1. The fraction of sp³-hybridized carbons (Fsp3) is 0.533. The Balaban J connectivity index is 1.57. The van der Waals surface area contributed by atoms with Crippen molar-refractivity contribution in [2.45, 2.75) is 50.4 Å². The minimum Gasteiger partial charge on any atom is -0.510 e. The average Bonchev–Trinajstić information content (AvgIpc) is 3.39. The minimum atomic E-state index is -2.99. The number of carbonyl (C=O) groups is 4. The molecule has 0 spiro atoms. The Kier molecular flexibility index (Phi) is 7.66. The summed E-state index contributed by atoms with van der Waals surface area (Å²) in [6.45, 7) is 5.41. The van der Waals surface area contributed by atoms with Crippen LogP contribution in [0, 0.1) is 17.8 Å². The molecule has 1 aromatic rings. The second-order valence-corrected chi connectivity index (χ2v) is 12.3. The minimum absolute atomic E-state index is 0.0349. The topological polar surface area (TPSA) is 214 Å². The van der Waals surface area contributed by atoms with Crippen molar-refractivity contribution < 1.29 is 44.7 Å². The van der Waals surface area contributed by atoms with Crippen molar-refractivity contribution in [3.8, 4) is 5.75 Å². The second kappa shape index (κ2) is 10.7. The van der Waals surface area contributed by atoms with Crippen LogP contribution in [0.3, 0.4) is 0 Å². The summed E-state index contributed by atoms with van der Waals surface area (Å²) in [6.07, 6.45) is 0.332. The molecule has 7 atom stereocenters. The Labute approximate surface area is 248 Å². The van der Waals surface area contributed by atoms with Gasteiger partial charge in [-0.25, -0.2) is 0 Å². The van der Waals surface area contributed by atoms with Gasteiger partial charge in [-0.2, -0.15) is 0 Å². The van der Waals surface area contributed by atoms with Crippen molar-refractivity contribution in [1.82, 2.24) is 9.80 Å². The number of ketones is 2. The number of likely N-dealkylation sites (N-methyl/N-ethyl adjacent to an activating group) is 1.